The molecule has 3 fully saturated rings. The highest BCUT2D eigenvalue weighted by Gasteiger charge is 2.50. The van der Waals surface area contributed by atoms with Crippen molar-refractivity contribution in [3.8, 4) is 11.5 Å². The van der Waals surface area contributed by atoms with Crippen molar-refractivity contribution in [1.29, 1.82) is 0 Å². The molecule has 0 aromatic heterocycles. The van der Waals surface area contributed by atoms with Gasteiger partial charge in [-0.15, -0.1) is 0 Å². The molecule has 7 nitrogen and oxygen atoms in total. The number of amides is 1. The van der Waals surface area contributed by atoms with Gasteiger partial charge in [0.15, 0.2) is 26.5 Å². The van der Waals surface area contributed by atoms with Gasteiger partial charge in [0, 0.05) is 27.8 Å². The SMILES string of the molecule is CCOc1cc(Br)c(N2C(=NC(=O)C3CC3)S[C@H]3CS(=O)(=O)C[C@@H]32)cc1OCC. The van der Waals surface area contributed by atoms with Crippen molar-refractivity contribution in [3.63, 3.8) is 0 Å². The summed E-state index contributed by atoms with van der Waals surface area (Å²) in [7, 11) is -3.13. The van der Waals surface area contributed by atoms with E-state index in [-0.39, 0.29) is 34.6 Å². The molecule has 1 amide bonds. The van der Waals surface area contributed by atoms with Crippen LogP contribution >= 0.6 is 27.7 Å². The van der Waals surface area contributed by atoms with Crippen LogP contribution in [-0.4, -0.2) is 55.5 Å². The number of hydrogen-bond acceptors (Lipinski definition) is 6. The molecule has 0 spiro atoms. The lowest BCUT2D eigenvalue weighted by Crippen LogP contribution is -2.38. The molecular weight excluding hydrogens is 480 g/mol. The molecule has 2 saturated heterocycles. The second kappa shape index (κ2) is 8.11. The first kappa shape index (κ1) is 21.0. The number of aliphatic imine (C=N–C) groups is 1. The Kier molecular flexibility index (Phi) is 5.87. The van der Waals surface area contributed by atoms with Crippen LogP contribution in [0.3, 0.4) is 0 Å². The van der Waals surface area contributed by atoms with Crippen LogP contribution in [0.2, 0.25) is 0 Å². The van der Waals surface area contributed by atoms with Gasteiger partial charge < -0.3 is 14.4 Å². The first-order valence-corrected chi connectivity index (χ1v) is 13.2. The quantitative estimate of drug-likeness (QED) is 0.589. The van der Waals surface area contributed by atoms with E-state index in [9.17, 15) is 13.2 Å². The Morgan fingerprint density at radius 2 is 1.86 bits per heavy atom. The minimum atomic E-state index is -3.13. The Morgan fingerprint density at radius 3 is 2.48 bits per heavy atom. The van der Waals surface area contributed by atoms with Crippen molar-refractivity contribution in [2.45, 2.75) is 38.0 Å². The second-order valence-electron chi connectivity index (χ2n) is 7.29. The fourth-order valence-electron chi connectivity index (χ4n) is 3.61. The van der Waals surface area contributed by atoms with Crippen LogP contribution in [-0.2, 0) is 14.6 Å². The third kappa shape index (κ3) is 4.29. The van der Waals surface area contributed by atoms with Crippen LogP contribution in [0.4, 0.5) is 5.69 Å². The molecule has 4 rings (SSSR count). The van der Waals surface area contributed by atoms with Crippen LogP contribution in [0.25, 0.3) is 0 Å². The topological polar surface area (TPSA) is 85.3 Å². The van der Waals surface area contributed by atoms with Gasteiger partial charge in [0.05, 0.1) is 36.4 Å². The number of nitrogens with zero attached hydrogens (tertiary/aromatic N) is 2. The van der Waals surface area contributed by atoms with Crippen molar-refractivity contribution >= 4 is 54.3 Å². The van der Waals surface area contributed by atoms with Crippen molar-refractivity contribution < 1.29 is 22.7 Å². The van der Waals surface area contributed by atoms with Crippen molar-refractivity contribution in [1.82, 2.24) is 0 Å². The number of anilines is 1. The molecule has 0 unspecified atom stereocenters. The number of ether oxygens (including phenoxy) is 2. The van der Waals surface area contributed by atoms with E-state index >= 15 is 0 Å². The molecule has 1 aliphatic carbocycles. The van der Waals surface area contributed by atoms with E-state index < -0.39 is 9.84 Å². The second-order valence-corrected chi connectivity index (χ2v) is 11.5. The third-order valence-electron chi connectivity index (χ3n) is 5.07. The van der Waals surface area contributed by atoms with Gasteiger partial charge in [0.1, 0.15) is 0 Å². The van der Waals surface area contributed by atoms with Gasteiger partial charge in [0.25, 0.3) is 5.91 Å². The molecule has 158 valence electrons. The fraction of sp³-hybridized carbons (Fsp3) is 0.579. The summed E-state index contributed by atoms with van der Waals surface area (Å²) in [5, 5.41) is 0.430. The fourth-order valence-corrected chi connectivity index (χ4v) is 8.03. The molecule has 0 radical (unpaired) electrons. The maximum atomic E-state index is 12.4. The predicted molar refractivity (Wildman–Crippen MR) is 118 cm³/mol. The number of amidine groups is 1. The summed E-state index contributed by atoms with van der Waals surface area (Å²) >= 11 is 4.98. The molecule has 2 atom stereocenters. The maximum Gasteiger partial charge on any atom is 0.251 e. The van der Waals surface area contributed by atoms with Gasteiger partial charge in [-0.25, -0.2) is 8.42 Å². The Hall–Kier alpha value is -1.26. The summed E-state index contributed by atoms with van der Waals surface area (Å²) in [6, 6.07) is 3.40. The van der Waals surface area contributed by atoms with E-state index in [0.717, 1.165) is 23.0 Å². The highest BCUT2D eigenvalue weighted by Crippen LogP contribution is 2.46. The van der Waals surface area contributed by atoms with Crippen molar-refractivity contribution in [3.05, 3.63) is 16.6 Å². The summed E-state index contributed by atoms with van der Waals surface area (Å²) in [5.41, 5.74) is 0.733. The average molecular weight is 503 g/mol. The number of carbonyl (C=O) groups is 1. The van der Waals surface area contributed by atoms with E-state index in [4.69, 9.17) is 9.47 Å². The summed E-state index contributed by atoms with van der Waals surface area (Å²) in [6.45, 7) is 4.76. The molecule has 1 saturated carbocycles. The van der Waals surface area contributed by atoms with E-state index in [1.54, 1.807) is 0 Å². The predicted octanol–water partition coefficient (Wildman–Crippen LogP) is 3.26. The molecule has 1 aromatic carbocycles. The normalized spacial score (nSPS) is 26.6. The smallest absolute Gasteiger partial charge is 0.251 e. The van der Waals surface area contributed by atoms with Crippen LogP contribution < -0.4 is 14.4 Å². The molecule has 0 N–H and O–H groups in total. The first-order chi connectivity index (χ1) is 13.8. The molecule has 1 aromatic rings. The van der Waals surface area contributed by atoms with Crippen molar-refractivity contribution in [2.24, 2.45) is 10.9 Å². The summed E-state index contributed by atoms with van der Waals surface area (Å²) in [5.74, 6) is 1.23. The van der Waals surface area contributed by atoms with Crippen LogP contribution in [0.15, 0.2) is 21.6 Å². The monoisotopic (exact) mass is 502 g/mol. The largest absolute Gasteiger partial charge is 0.490 e. The molecular formula is C19H23BrN2O5S2. The Balaban J connectivity index is 1.77. The molecule has 2 aliphatic heterocycles. The number of thioether (sulfide) groups is 1. The lowest BCUT2D eigenvalue weighted by Gasteiger charge is -2.27. The first-order valence-electron chi connectivity index (χ1n) is 9.71. The van der Waals surface area contributed by atoms with Crippen molar-refractivity contribution in [2.75, 3.05) is 29.6 Å². The number of halogens is 1. The zero-order valence-electron chi connectivity index (χ0n) is 16.3. The van der Waals surface area contributed by atoms with Gasteiger partial charge >= 0.3 is 0 Å². The number of hydrogen-bond donors (Lipinski definition) is 0. The van der Waals surface area contributed by atoms with Gasteiger partial charge in [0.2, 0.25) is 0 Å². The Labute approximate surface area is 183 Å². The number of benzene rings is 1. The Bertz CT molecular complexity index is 962. The number of rotatable bonds is 6. The van der Waals surface area contributed by atoms with Gasteiger partial charge in [-0.2, -0.15) is 4.99 Å². The van der Waals surface area contributed by atoms with E-state index in [1.807, 2.05) is 30.9 Å². The lowest BCUT2D eigenvalue weighted by molar-refractivity contribution is -0.118. The highest BCUT2D eigenvalue weighted by molar-refractivity contribution is 9.10. The van der Waals surface area contributed by atoms with Crippen LogP contribution in [0.5, 0.6) is 11.5 Å². The van der Waals surface area contributed by atoms with E-state index in [1.165, 1.54) is 11.8 Å². The maximum absolute atomic E-state index is 12.4. The van der Waals surface area contributed by atoms with Crippen LogP contribution in [0.1, 0.15) is 26.7 Å². The highest BCUT2D eigenvalue weighted by atomic mass is 79.9. The minimum Gasteiger partial charge on any atom is -0.490 e. The van der Waals surface area contributed by atoms with E-state index in [0.29, 0.717) is 29.9 Å². The molecule has 2 heterocycles. The molecule has 10 heteroatoms. The lowest BCUT2D eigenvalue weighted by atomic mass is 10.2. The standard InChI is InChI=1S/C19H23BrN2O5S2/c1-3-26-15-7-12(20)13(8-16(15)27-4-2)22-14-9-29(24,25)10-17(14)28-19(22)21-18(23)11-5-6-11/h7-8,11,14,17H,3-6,9-10H2,1-2H3/t14-,17-/m0/s1. The summed E-state index contributed by atoms with van der Waals surface area (Å²) < 4.78 is 36.7. The molecule has 29 heavy (non-hydrogen) atoms. The summed E-state index contributed by atoms with van der Waals surface area (Å²) in [4.78, 5) is 18.6. The average Bonchev–Trinajstić information content (AvgIpc) is 3.39. The third-order valence-corrected chi connectivity index (χ3v) is 8.92. The van der Waals surface area contributed by atoms with Gasteiger partial charge in [-0.3, -0.25) is 4.79 Å². The number of fused-ring (bicyclic) bond motifs is 1. The molecule has 0 bridgehead atoms. The summed E-state index contributed by atoms with van der Waals surface area (Å²) in [6.07, 6.45) is 1.76. The Morgan fingerprint density at radius 1 is 1.21 bits per heavy atom. The molecule has 3 aliphatic rings. The van der Waals surface area contributed by atoms with Crippen LogP contribution in [0, 0.1) is 5.92 Å². The zero-order valence-corrected chi connectivity index (χ0v) is 19.5. The minimum absolute atomic E-state index is 0.0110. The van der Waals surface area contributed by atoms with Gasteiger partial charge in [-0.05, 0) is 42.6 Å². The van der Waals surface area contributed by atoms with Gasteiger partial charge in [-0.1, -0.05) is 11.8 Å². The number of sulfone groups is 1. The number of carbonyl (C=O) groups excluding carboxylic acids is 1. The zero-order chi connectivity index (χ0) is 20.8. The van der Waals surface area contributed by atoms with E-state index in [2.05, 4.69) is 20.9 Å².